The van der Waals surface area contributed by atoms with Crippen LogP contribution >= 0.6 is 11.6 Å². The van der Waals surface area contributed by atoms with Crippen molar-refractivity contribution in [1.82, 2.24) is 0 Å². The molecule has 2 unspecified atom stereocenters. The van der Waals surface area contributed by atoms with Crippen LogP contribution in [-0.4, -0.2) is 0 Å². The number of hydrogen-bond acceptors (Lipinski definition) is 0. The molecular weight excluding hydrogens is 240 g/mol. The second-order valence-electron chi connectivity index (χ2n) is 6.93. The monoisotopic (exact) mass is 266 g/mol. The van der Waals surface area contributed by atoms with Gasteiger partial charge in [0, 0.05) is 0 Å². The van der Waals surface area contributed by atoms with E-state index in [4.69, 9.17) is 11.6 Å². The zero-order valence-corrected chi connectivity index (χ0v) is 13.4. The summed E-state index contributed by atoms with van der Waals surface area (Å²) in [6.07, 6.45) is 2.28. The van der Waals surface area contributed by atoms with Crippen molar-refractivity contribution >= 4 is 11.6 Å². The molecule has 102 valence electrons. The van der Waals surface area contributed by atoms with Crippen LogP contribution in [0.2, 0.25) is 0 Å². The summed E-state index contributed by atoms with van der Waals surface area (Å²) in [7, 11) is 0. The van der Waals surface area contributed by atoms with Crippen LogP contribution in [0.15, 0.2) is 18.2 Å². The maximum absolute atomic E-state index is 6.59. The van der Waals surface area contributed by atoms with Crippen LogP contribution < -0.4 is 0 Å². The average molecular weight is 267 g/mol. The topological polar surface area (TPSA) is 0 Å². The first kappa shape index (κ1) is 15.6. The minimum Gasteiger partial charge on any atom is -0.118 e. The van der Waals surface area contributed by atoms with Crippen LogP contribution in [0, 0.1) is 25.2 Å². The van der Waals surface area contributed by atoms with Gasteiger partial charge in [0.15, 0.2) is 0 Å². The molecule has 0 spiro atoms. The Kier molecular flexibility index (Phi) is 5.28. The molecule has 18 heavy (non-hydrogen) atoms. The molecule has 1 rings (SSSR count). The van der Waals surface area contributed by atoms with Crippen molar-refractivity contribution in [2.24, 2.45) is 11.3 Å². The lowest BCUT2D eigenvalue weighted by Gasteiger charge is -2.25. The van der Waals surface area contributed by atoms with Gasteiger partial charge in [0.1, 0.15) is 0 Å². The number of halogens is 1. The number of benzene rings is 1. The Morgan fingerprint density at radius 2 is 1.78 bits per heavy atom. The molecule has 1 aromatic rings. The third-order valence-electron chi connectivity index (χ3n) is 3.33. The lowest BCUT2D eigenvalue weighted by atomic mass is 9.83. The van der Waals surface area contributed by atoms with E-state index in [0.29, 0.717) is 11.3 Å². The molecule has 0 heterocycles. The van der Waals surface area contributed by atoms with Crippen LogP contribution in [0.3, 0.4) is 0 Å². The fourth-order valence-electron chi connectivity index (χ4n) is 2.79. The molecule has 0 fully saturated rings. The second-order valence-corrected chi connectivity index (χ2v) is 7.46. The van der Waals surface area contributed by atoms with Crippen molar-refractivity contribution in [3.8, 4) is 0 Å². The van der Waals surface area contributed by atoms with Gasteiger partial charge >= 0.3 is 0 Å². The van der Waals surface area contributed by atoms with Gasteiger partial charge < -0.3 is 0 Å². The number of alkyl halides is 1. The van der Waals surface area contributed by atoms with Crippen molar-refractivity contribution in [2.75, 3.05) is 0 Å². The highest BCUT2D eigenvalue weighted by Gasteiger charge is 2.19. The Morgan fingerprint density at radius 3 is 2.28 bits per heavy atom. The molecule has 0 aliphatic heterocycles. The van der Waals surface area contributed by atoms with Gasteiger partial charge in [0.2, 0.25) is 0 Å². The van der Waals surface area contributed by atoms with Gasteiger partial charge in [-0.15, -0.1) is 11.6 Å². The summed E-state index contributed by atoms with van der Waals surface area (Å²) >= 11 is 6.59. The number of hydrogen-bond donors (Lipinski definition) is 0. The smallest absolute Gasteiger partial charge is 0.0590 e. The highest BCUT2D eigenvalue weighted by atomic mass is 35.5. The van der Waals surface area contributed by atoms with E-state index < -0.39 is 0 Å². The Morgan fingerprint density at radius 1 is 1.17 bits per heavy atom. The SMILES string of the molecule is Cc1ccc(C(Cl)CC(C)CC(C)(C)C)c(C)c1. The Hall–Kier alpha value is -0.490. The van der Waals surface area contributed by atoms with Crippen LogP contribution in [-0.2, 0) is 0 Å². The van der Waals surface area contributed by atoms with E-state index in [9.17, 15) is 0 Å². The van der Waals surface area contributed by atoms with E-state index in [0.717, 1.165) is 6.42 Å². The number of aryl methyl sites for hydroxylation is 2. The third kappa shape index (κ3) is 5.02. The zero-order chi connectivity index (χ0) is 13.9. The van der Waals surface area contributed by atoms with Gasteiger partial charge in [-0.05, 0) is 49.1 Å². The average Bonchev–Trinajstić information content (AvgIpc) is 2.13. The largest absolute Gasteiger partial charge is 0.118 e. The molecular formula is C17H27Cl. The molecule has 0 bridgehead atoms. The minimum absolute atomic E-state index is 0.142. The molecule has 0 N–H and O–H groups in total. The number of rotatable bonds is 4. The van der Waals surface area contributed by atoms with Gasteiger partial charge in [-0.1, -0.05) is 51.5 Å². The van der Waals surface area contributed by atoms with Crippen molar-refractivity contribution < 1.29 is 0 Å². The highest BCUT2D eigenvalue weighted by Crippen LogP contribution is 2.35. The molecule has 0 aliphatic rings. The first-order chi connectivity index (χ1) is 8.19. The molecule has 0 radical (unpaired) electrons. The molecule has 0 saturated carbocycles. The van der Waals surface area contributed by atoms with Crippen LogP contribution in [0.25, 0.3) is 0 Å². The van der Waals surface area contributed by atoms with Crippen LogP contribution in [0.5, 0.6) is 0 Å². The quantitative estimate of drug-likeness (QED) is 0.582. The summed E-state index contributed by atoms with van der Waals surface area (Å²) in [6.45, 7) is 13.5. The first-order valence-corrected chi connectivity index (χ1v) is 7.34. The lowest BCUT2D eigenvalue weighted by molar-refractivity contribution is 0.295. The standard InChI is InChI=1S/C17H27Cl/c1-12-7-8-15(14(3)9-12)16(18)10-13(2)11-17(4,5)6/h7-9,13,16H,10-11H2,1-6H3. The molecule has 0 nitrogen and oxygen atoms in total. The summed E-state index contributed by atoms with van der Waals surface area (Å²) in [5.41, 5.74) is 4.31. The summed E-state index contributed by atoms with van der Waals surface area (Å²) in [6, 6.07) is 6.57. The van der Waals surface area contributed by atoms with E-state index in [1.807, 2.05) is 0 Å². The normalized spacial score (nSPS) is 15.5. The van der Waals surface area contributed by atoms with Crippen LogP contribution in [0.1, 0.15) is 62.6 Å². The van der Waals surface area contributed by atoms with Crippen LogP contribution in [0.4, 0.5) is 0 Å². The van der Waals surface area contributed by atoms with E-state index in [1.165, 1.54) is 23.1 Å². The summed E-state index contributed by atoms with van der Waals surface area (Å²) in [5, 5.41) is 0.142. The van der Waals surface area contributed by atoms with Gasteiger partial charge in [0.05, 0.1) is 5.38 Å². The van der Waals surface area contributed by atoms with E-state index in [-0.39, 0.29) is 5.38 Å². The predicted octanol–water partition coefficient (Wildman–Crippen LogP) is 6.05. The molecule has 0 aromatic heterocycles. The Balaban J connectivity index is 2.67. The Bertz CT molecular complexity index is 387. The second kappa shape index (κ2) is 6.10. The van der Waals surface area contributed by atoms with Crippen molar-refractivity contribution in [1.29, 1.82) is 0 Å². The van der Waals surface area contributed by atoms with E-state index in [2.05, 4.69) is 59.7 Å². The predicted molar refractivity (Wildman–Crippen MR) is 82.4 cm³/mol. The first-order valence-electron chi connectivity index (χ1n) is 6.90. The van der Waals surface area contributed by atoms with Gasteiger partial charge in [-0.25, -0.2) is 0 Å². The third-order valence-corrected chi connectivity index (χ3v) is 3.75. The zero-order valence-electron chi connectivity index (χ0n) is 12.7. The summed E-state index contributed by atoms with van der Waals surface area (Å²) in [5.74, 6) is 0.660. The van der Waals surface area contributed by atoms with E-state index in [1.54, 1.807) is 0 Å². The van der Waals surface area contributed by atoms with Crippen molar-refractivity contribution in [2.45, 2.75) is 59.8 Å². The highest BCUT2D eigenvalue weighted by molar-refractivity contribution is 6.20. The fraction of sp³-hybridized carbons (Fsp3) is 0.647. The molecule has 0 aliphatic carbocycles. The molecule has 0 amide bonds. The van der Waals surface area contributed by atoms with Gasteiger partial charge in [-0.3, -0.25) is 0 Å². The molecule has 1 heteroatoms. The van der Waals surface area contributed by atoms with Gasteiger partial charge in [-0.2, -0.15) is 0 Å². The maximum atomic E-state index is 6.59. The summed E-state index contributed by atoms with van der Waals surface area (Å²) < 4.78 is 0. The Labute approximate surface area is 118 Å². The van der Waals surface area contributed by atoms with E-state index >= 15 is 0 Å². The molecule has 1 aromatic carbocycles. The van der Waals surface area contributed by atoms with Crippen molar-refractivity contribution in [3.05, 3.63) is 34.9 Å². The van der Waals surface area contributed by atoms with Gasteiger partial charge in [0.25, 0.3) is 0 Å². The van der Waals surface area contributed by atoms with Crippen molar-refractivity contribution in [3.63, 3.8) is 0 Å². The molecule has 2 atom stereocenters. The lowest BCUT2D eigenvalue weighted by Crippen LogP contribution is -2.12. The molecule has 0 saturated heterocycles. The summed E-state index contributed by atoms with van der Waals surface area (Å²) in [4.78, 5) is 0. The fourth-order valence-corrected chi connectivity index (χ4v) is 3.34. The maximum Gasteiger partial charge on any atom is 0.0590 e. The minimum atomic E-state index is 0.142.